The molecule has 9 heteroatoms. The maximum atomic E-state index is 13.3. The van der Waals surface area contributed by atoms with Gasteiger partial charge in [0.2, 0.25) is 11.9 Å². The fourth-order valence-electron chi connectivity index (χ4n) is 3.60. The Bertz CT molecular complexity index is 1270. The highest BCUT2D eigenvalue weighted by Gasteiger charge is 2.19. The second kappa shape index (κ2) is 8.08. The predicted octanol–water partition coefficient (Wildman–Crippen LogP) is 3.96. The molecule has 164 valence electrons. The van der Waals surface area contributed by atoms with Gasteiger partial charge in [-0.15, -0.1) is 0 Å². The molecule has 0 bridgehead atoms. The van der Waals surface area contributed by atoms with Gasteiger partial charge in [-0.25, -0.2) is 14.4 Å². The molecule has 0 radical (unpaired) electrons. The average Bonchev–Trinajstić information content (AvgIpc) is 3.05. The largest absolute Gasteiger partial charge is 0.457 e. The number of anilines is 2. The molecule has 3 heterocycles. The molecule has 2 N–H and O–H groups in total. The highest BCUT2D eigenvalue weighted by atomic mass is 19.1. The number of pyridine rings is 1. The maximum Gasteiger partial charge on any atom is 0.239 e. The van der Waals surface area contributed by atoms with E-state index >= 15 is 0 Å². The highest BCUT2D eigenvalue weighted by molar-refractivity contribution is 5.91. The fourth-order valence-corrected chi connectivity index (χ4v) is 3.60. The molecule has 1 saturated heterocycles. The van der Waals surface area contributed by atoms with E-state index in [-0.39, 0.29) is 11.7 Å². The summed E-state index contributed by atoms with van der Waals surface area (Å²) in [6, 6.07) is 9.02. The van der Waals surface area contributed by atoms with Crippen LogP contribution in [0.3, 0.4) is 0 Å². The minimum Gasteiger partial charge on any atom is -0.457 e. The molecule has 1 fully saturated rings. The van der Waals surface area contributed by atoms with Crippen LogP contribution in [0.4, 0.5) is 16.2 Å². The molecule has 0 unspecified atom stereocenters. The number of aryl methyl sites for hydroxylation is 1. The zero-order valence-electron chi connectivity index (χ0n) is 17.9. The van der Waals surface area contributed by atoms with Crippen LogP contribution in [0.25, 0.3) is 11.0 Å². The van der Waals surface area contributed by atoms with Crippen LogP contribution in [0.15, 0.2) is 59.7 Å². The van der Waals surface area contributed by atoms with Gasteiger partial charge in [0.1, 0.15) is 23.1 Å². The summed E-state index contributed by atoms with van der Waals surface area (Å²) in [5, 5.41) is 5.97. The zero-order chi connectivity index (χ0) is 22.2. The summed E-state index contributed by atoms with van der Waals surface area (Å²) in [6.07, 6.45) is 4.18. The lowest BCUT2D eigenvalue weighted by Crippen LogP contribution is -2.42. The highest BCUT2D eigenvalue weighted by Crippen LogP contribution is 2.31. The van der Waals surface area contributed by atoms with Crippen molar-refractivity contribution in [3.63, 3.8) is 0 Å². The van der Waals surface area contributed by atoms with Gasteiger partial charge >= 0.3 is 0 Å². The minimum absolute atomic E-state index is 0.0872. The first-order chi connectivity index (χ1) is 15.5. The van der Waals surface area contributed by atoms with E-state index < -0.39 is 0 Å². The number of benzene rings is 1. The number of ether oxygens (including phenoxy) is 1. The lowest BCUT2D eigenvalue weighted by atomic mass is 10.1. The summed E-state index contributed by atoms with van der Waals surface area (Å²) < 4.78 is 21.2. The van der Waals surface area contributed by atoms with Gasteiger partial charge in [0.25, 0.3) is 0 Å². The van der Waals surface area contributed by atoms with Crippen molar-refractivity contribution < 1.29 is 13.9 Å². The van der Waals surface area contributed by atoms with Crippen LogP contribution in [0.2, 0.25) is 0 Å². The van der Waals surface area contributed by atoms with Gasteiger partial charge in [-0.2, -0.15) is 0 Å². The molecule has 1 amide bonds. The van der Waals surface area contributed by atoms with Crippen LogP contribution in [-0.4, -0.2) is 45.0 Å². The molecule has 1 aromatic carbocycles. The van der Waals surface area contributed by atoms with Gasteiger partial charge in [0.15, 0.2) is 0 Å². The van der Waals surface area contributed by atoms with E-state index in [2.05, 4.69) is 25.5 Å². The summed E-state index contributed by atoms with van der Waals surface area (Å²) in [7, 11) is 1.89. The summed E-state index contributed by atoms with van der Waals surface area (Å²) in [4.78, 5) is 23.0. The standard InChI is InChI=1S/C23H23FN6O2/c1-14-17(24)12-18(14)26-23-27-19-10-15(4-5-20(19)29(23)2)32-16-6-7-25-21(11-16)28-22(31)13-30-8-3-9-30/h4-7,10-12H,3,8-9,13H2,1-2H3,(H,26,27)(H,25,28,31). The molecule has 1 aliphatic heterocycles. The predicted molar refractivity (Wildman–Crippen MR) is 120 cm³/mol. The van der Waals surface area contributed by atoms with E-state index in [4.69, 9.17) is 4.74 Å². The molecular weight excluding hydrogens is 411 g/mol. The molecule has 8 nitrogen and oxygen atoms in total. The Balaban J connectivity index is 1.29. The number of nitrogens with one attached hydrogen (secondary N) is 2. The van der Waals surface area contributed by atoms with Gasteiger partial charge in [-0.1, -0.05) is 0 Å². The van der Waals surface area contributed by atoms with Crippen LogP contribution in [0.5, 0.6) is 11.5 Å². The quantitative estimate of drug-likeness (QED) is 0.586. The Morgan fingerprint density at radius 3 is 2.75 bits per heavy atom. The van der Waals surface area contributed by atoms with E-state index in [1.165, 1.54) is 6.08 Å². The molecule has 2 aliphatic rings. The number of hydrogen-bond donors (Lipinski definition) is 2. The number of carbonyl (C=O) groups is 1. The van der Waals surface area contributed by atoms with Crippen molar-refractivity contribution in [1.82, 2.24) is 19.4 Å². The molecule has 0 saturated carbocycles. The molecule has 0 atom stereocenters. The Labute approximate surface area is 184 Å². The number of hydrogen-bond acceptors (Lipinski definition) is 6. The summed E-state index contributed by atoms with van der Waals surface area (Å²) in [5.74, 6) is 1.93. The van der Waals surface area contributed by atoms with Crippen molar-refractivity contribution in [3.8, 4) is 11.5 Å². The molecule has 32 heavy (non-hydrogen) atoms. The average molecular weight is 434 g/mol. The van der Waals surface area contributed by atoms with Gasteiger partial charge < -0.3 is 19.9 Å². The second-order valence-electron chi connectivity index (χ2n) is 7.96. The minimum atomic E-state index is -0.213. The van der Waals surface area contributed by atoms with E-state index in [1.54, 1.807) is 25.3 Å². The summed E-state index contributed by atoms with van der Waals surface area (Å²) >= 11 is 0. The van der Waals surface area contributed by atoms with E-state index in [0.29, 0.717) is 35.4 Å². The summed E-state index contributed by atoms with van der Waals surface area (Å²) in [6.45, 7) is 4.02. The number of carbonyl (C=O) groups excluding carboxylic acids is 1. The van der Waals surface area contributed by atoms with Gasteiger partial charge in [-0.3, -0.25) is 9.69 Å². The van der Waals surface area contributed by atoms with Crippen LogP contribution >= 0.6 is 0 Å². The van der Waals surface area contributed by atoms with Crippen LogP contribution in [0.1, 0.15) is 13.3 Å². The number of likely N-dealkylation sites (tertiary alicyclic amines) is 1. The maximum absolute atomic E-state index is 13.3. The van der Waals surface area contributed by atoms with E-state index in [0.717, 1.165) is 36.2 Å². The molecule has 0 spiro atoms. The third-order valence-corrected chi connectivity index (χ3v) is 5.68. The van der Waals surface area contributed by atoms with Gasteiger partial charge in [-0.05, 0) is 50.7 Å². The van der Waals surface area contributed by atoms with Crippen molar-refractivity contribution in [2.45, 2.75) is 13.3 Å². The topological polar surface area (TPSA) is 84.3 Å². The lowest BCUT2D eigenvalue weighted by molar-refractivity contribution is -0.118. The first-order valence-corrected chi connectivity index (χ1v) is 10.4. The summed E-state index contributed by atoms with van der Waals surface area (Å²) in [5.41, 5.74) is 2.96. The molecule has 5 rings (SSSR count). The number of amides is 1. The smallest absolute Gasteiger partial charge is 0.239 e. The Hall–Kier alpha value is -3.72. The van der Waals surface area contributed by atoms with Crippen molar-refractivity contribution in [2.75, 3.05) is 30.3 Å². The number of imidazole rings is 1. The third kappa shape index (κ3) is 3.94. The number of rotatable bonds is 7. The van der Waals surface area contributed by atoms with Gasteiger partial charge in [0.05, 0.1) is 17.6 Å². The number of aromatic nitrogens is 3. The third-order valence-electron chi connectivity index (χ3n) is 5.68. The molecular formula is C23H23FN6O2. The second-order valence-corrected chi connectivity index (χ2v) is 7.96. The monoisotopic (exact) mass is 434 g/mol. The fraction of sp³-hybridized carbons (Fsp3) is 0.261. The van der Waals surface area contributed by atoms with Crippen molar-refractivity contribution >= 4 is 28.7 Å². The SMILES string of the molecule is CC1=C(Nc2nc3cc(Oc4ccnc(NC(=O)CN5CCC5)c4)ccc3n2C)C=C1F. The first-order valence-electron chi connectivity index (χ1n) is 10.4. The molecule has 3 aromatic rings. The first kappa shape index (κ1) is 20.2. The van der Waals surface area contributed by atoms with Crippen LogP contribution < -0.4 is 15.4 Å². The Morgan fingerprint density at radius 2 is 2.03 bits per heavy atom. The van der Waals surface area contributed by atoms with Crippen molar-refractivity contribution in [1.29, 1.82) is 0 Å². The van der Waals surface area contributed by atoms with E-state index in [9.17, 15) is 9.18 Å². The molecule has 1 aliphatic carbocycles. The number of halogens is 1. The number of allylic oxidation sites excluding steroid dienone is 3. The van der Waals surface area contributed by atoms with Gasteiger partial charge in [0, 0.05) is 36.6 Å². The number of fused-ring (bicyclic) bond motifs is 1. The van der Waals surface area contributed by atoms with Crippen molar-refractivity contribution in [3.05, 3.63) is 59.7 Å². The Morgan fingerprint density at radius 1 is 1.22 bits per heavy atom. The lowest BCUT2D eigenvalue weighted by Gasteiger charge is -2.29. The van der Waals surface area contributed by atoms with Crippen LogP contribution in [0, 0.1) is 0 Å². The van der Waals surface area contributed by atoms with Crippen LogP contribution in [-0.2, 0) is 11.8 Å². The Kier molecular flexibility index (Phi) is 5.10. The number of nitrogens with zero attached hydrogens (tertiary/aromatic N) is 4. The van der Waals surface area contributed by atoms with Crippen molar-refractivity contribution in [2.24, 2.45) is 7.05 Å². The normalized spacial score (nSPS) is 15.8. The van der Waals surface area contributed by atoms with E-state index in [1.807, 2.05) is 29.8 Å². The zero-order valence-corrected chi connectivity index (χ0v) is 17.9. The molecule has 2 aromatic heterocycles.